The molecular formula is C70H96N8O20. The van der Waals surface area contributed by atoms with E-state index in [1.54, 1.807) is 93.6 Å². The summed E-state index contributed by atoms with van der Waals surface area (Å²) in [5.41, 5.74) is -3.22. The number of carbonyl (C=O) groups excluding carboxylic acids is 10. The first-order chi connectivity index (χ1) is 45.9. The highest BCUT2D eigenvalue weighted by molar-refractivity contribution is 5.98. The molecule has 1 saturated heterocycles. The van der Waals surface area contributed by atoms with Crippen LogP contribution in [-0.4, -0.2) is 197 Å². The minimum Gasteiger partial charge on any atom is -0.456 e. The predicted octanol–water partition coefficient (Wildman–Crippen LogP) is 5.50. The van der Waals surface area contributed by atoms with Crippen molar-refractivity contribution in [1.82, 2.24) is 31.1 Å². The fourth-order valence-electron chi connectivity index (χ4n) is 13.6. The summed E-state index contributed by atoms with van der Waals surface area (Å²) >= 11 is 0. The molecule has 3 aromatic rings. The summed E-state index contributed by atoms with van der Waals surface area (Å²) in [6.07, 6.45) is -14.0. The highest BCUT2D eigenvalue weighted by atomic mass is 16.6. The Bertz CT molecular complexity index is 3440. The Morgan fingerprint density at radius 2 is 1.43 bits per heavy atom. The van der Waals surface area contributed by atoms with Crippen LogP contribution in [0.2, 0.25) is 0 Å². The number of carbonyl (C=O) groups is 10. The smallest absolute Gasteiger partial charge is 0.409 e. The zero-order valence-corrected chi connectivity index (χ0v) is 58.1. The average Bonchev–Trinajstić information content (AvgIpc) is 0.669. The zero-order chi connectivity index (χ0) is 72.6. The first-order valence-electron chi connectivity index (χ1n) is 32.8. The molecule has 0 radical (unpaired) electrons. The molecule has 2 saturated carbocycles. The predicted molar refractivity (Wildman–Crippen MR) is 354 cm³/mol. The number of benzene rings is 3. The number of ether oxygens (including phenoxy) is 7. The molecule has 10 N–H and O–H groups in total. The maximum absolute atomic E-state index is 16.0. The number of amides is 7. The summed E-state index contributed by atoms with van der Waals surface area (Å²) in [5, 5.41) is 52.7. The van der Waals surface area contributed by atoms with Gasteiger partial charge in [0.1, 0.15) is 54.4 Å². The van der Waals surface area contributed by atoms with E-state index in [1.165, 1.54) is 58.8 Å². The summed E-state index contributed by atoms with van der Waals surface area (Å²) in [5.74, 6) is -6.92. The van der Waals surface area contributed by atoms with Crippen LogP contribution in [-0.2, 0) is 63.7 Å². The van der Waals surface area contributed by atoms with E-state index in [0.29, 0.717) is 17.7 Å². The molecule has 536 valence electrons. The van der Waals surface area contributed by atoms with Gasteiger partial charge in [-0.3, -0.25) is 19.2 Å². The van der Waals surface area contributed by atoms with Crippen LogP contribution in [0.25, 0.3) is 0 Å². The third-order valence-corrected chi connectivity index (χ3v) is 18.8. The number of esters is 3. The minimum atomic E-state index is -2.54. The average molecular weight is 1370 g/mol. The van der Waals surface area contributed by atoms with Gasteiger partial charge in [-0.1, -0.05) is 102 Å². The number of nitrogens with two attached hydrogens (primary N) is 1. The van der Waals surface area contributed by atoms with E-state index >= 15 is 4.79 Å². The van der Waals surface area contributed by atoms with Crippen molar-refractivity contribution in [3.8, 4) is 0 Å². The van der Waals surface area contributed by atoms with E-state index in [9.17, 15) is 58.5 Å². The van der Waals surface area contributed by atoms with Crippen molar-refractivity contribution < 1.29 is 96.4 Å². The van der Waals surface area contributed by atoms with Crippen LogP contribution in [0.4, 0.5) is 24.9 Å². The van der Waals surface area contributed by atoms with Gasteiger partial charge in [0, 0.05) is 70.6 Å². The molecule has 28 heteroatoms. The lowest BCUT2D eigenvalue weighted by Gasteiger charge is -2.67. The topological polar surface area (TPSA) is 389 Å². The van der Waals surface area contributed by atoms with Gasteiger partial charge in [-0.15, -0.1) is 0 Å². The maximum Gasteiger partial charge on any atom is 0.409 e. The number of primary amides is 1. The van der Waals surface area contributed by atoms with Gasteiger partial charge in [-0.05, 0) is 99.9 Å². The fourth-order valence-corrected chi connectivity index (χ4v) is 13.6. The Balaban J connectivity index is 1.12. The normalized spacial score (nSPS) is 25.1. The van der Waals surface area contributed by atoms with Crippen LogP contribution in [0.5, 0.6) is 0 Å². The first-order valence-corrected chi connectivity index (χ1v) is 32.8. The maximum atomic E-state index is 16.0. The molecule has 1 heterocycles. The van der Waals surface area contributed by atoms with Crippen LogP contribution in [0.3, 0.4) is 0 Å². The van der Waals surface area contributed by atoms with Gasteiger partial charge in [-0.25, -0.2) is 28.8 Å². The van der Waals surface area contributed by atoms with Gasteiger partial charge < -0.3 is 90.6 Å². The molecule has 0 aromatic heterocycles. The van der Waals surface area contributed by atoms with Crippen molar-refractivity contribution in [3.63, 3.8) is 0 Å². The second kappa shape index (κ2) is 31.4. The molecule has 13 atom stereocenters. The third kappa shape index (κ3) is 17.2. The molecule has 98 heavy (non-hydrogen) atoms. The van der Waals surface area contributed by atoms with Crippen molar-refractivity contribution in [2.75, 3.05) is 45.7 Å². The Morgan fingerprint density at radius 3 is 1.99 bits per heavy atom. The van der Waals surface area contributed by atoms with Gasteiger partial charge in [-0.2, -0.15) is 0 Å². The molecule has 2 bridgehead atoms. The van der Waals surface area contributed by atoms with E-state index in [1.807, 2.05) is 27.7 Å². The molecule has 1 aliphatic heterocycles. The summed E-state index contributed by atoms with van der Waals surface area (Å²) in [7, 11) is 2.80. The zero-order valence-electron chi connectivity index (χ0n) is 58.1. The van der Waals surface area contributed by atoms with E-state index in [4.69, 9.17) is 38.9 Å². The highest BCUT2D eigenvalue weighted by Gasteiger charge is 2.79. The number of fused-ring (bicyclic) bond motifs is 5. The van der Waals surface area contributed by atoms with Crippen molar-refractivity contribution >= 4 is 65.5 Å². The van der Waals surface area contributed by atoms with Crippen molar-refractivity contribution in [3.05, 3.63) is 113 Å². The van der Waals surface area contributed by atoms with Gasteiger partial charge in [0.15, 0.2) is 17.5 Å². The fraction of sp³-hybridized carbons (Fsp3) is 0.571. The molecule has 0 spiro atoms. The second-order valence-electron chi connectivity index (χ2n) is 28.1. The number of likely N-dealkylation sites (N-methyl/N-ethyl adjacent to an activating group) is 2. The van der Waals surface area contributed by atoms with Crippen LogP contribution < -0.4 is 32.3 Å². The lowest BCUT2D eigenvalue weighted by Crippen LogP contribution is -2.82. The molecule has 3 aliphatic carbocycles. The number of aliphatic hydroxyl groups is 3. The van der Waals surface area contributed by atoms with E-state index < -0.39 is 155 Å². The quantitative estimate of drug-likeness (QED) is 0.0219. The number of urea groups is 1. The van der Waals surface area contributed by atoms with Gasteiger partial charge in [0.05, 0.1) is 35.6 Å². The van der Waals surface area contributed by atoms with Crippen molar-refractivity contribution in [1.29, 1.82) is 0 Å². The van der Waals surface area contributed by atoms with E-state index in [2.05, 4.69) is 26.6 Å². The third-order valence-electron chi connectivity index (χ3n) is 18.8. The summed E-state index contributed by atoms with van der Waals surface area (Å²) in [6, 6.07) is 18.4. The number of nitrogens with zero attached hydrogens (tertiary/aromatic N) is 2. The molecule has 3 fully saturated rings. The lowest BCUT2D eigenvalue weighted by atomic mass is 9.44. The number of alkyl carbamates (subject to hydrolysis) is 1. The molecule has 7 amide bonds. The minimum absolute atomic E-state index is 0.00793. The molecule has 28 nitrogen and oxygen atoms in total. The van der Waals surface area contributed by atoms with Crippen molar-refractivity contribution in [2.45, 2.75) is 193 Å². The van der Waals surface area contributed by atoms with Gasteiger partial charge in [0.2, 0.25) is 11.8 Å². The van der Waals surface area contributed by atoms with Crippen LogP contribution in [0.1, 0.15) is 136 Å². The molecule has 3 aromatic carbocycles. The standard InChI is InChI=1S/C70H96N8O20/c1-38(2)51(73-39(3)4)59(84)75-46(26-21-31-72-62(71)87)58(83)74-45-29-27-42(28-30-45)36-92-64(89)77(13)32-33-78(14)65(90)95-48-34-49-69(37-93-49,97-41(6)79)55-57(96-60(85)44-24-19-16-20-25-44)70(91)35-47(40(5)50(67(70,10)11)53(80)56(82)68(48,55)12)94-61(86)54(81)52(43-22-17-15-18-23-43)76-63(88)98-66(7,8)9/h15-20,22-25,27-30,38-39,46-49,51-55,57,73,80-81,91H,21,26,31-37H2,1-14H3,(H,74,83)(H,75,84)(H,76,88)(H3,71,72,87)/t46-,47-,48-,49+,51-,52-,53+,54+,55-,57-,68+,69-,70+/m0/s1. The largest absolute Gasteiger partial charge is 0.456 e. The monoisotopic (exact) mass is 1370 g/mol. The van der Waals surface area contributed by atoms with E-state index in [-0.39, 0.29) is 79.2 Å². The number of Topliss-reactive ketones (excluding diaryl/α,β-unsaturated/α-hetero) is 1. The number of hydrogen-bond donors (Lipinski definition) is 9. The molecule has 0 unspecified atom stereocenters. The number of nitrogens with one attached hydrogen (secondary N) is 5. The summed E-state index contributed by atoms with van der Waals surface area (Å²) < 4.78 is 42.4. The molecular weight excluding hydrogens is 1270 g/mol. The Morgan fingerprint density at radius 1 is 0.816 bits per heavy atom. The number of ketones is 1. The SMILES string of the molecule is CC(=O)O[C@@]12CO[C@@H]1C[C@H](OC(=O)N(C)CCN(C)C(=O)OCc1ccc(NC(=O)[C@H](CCCNC(N)=O)NC(=O)[C@@H](NC(C)C)C(C)C)cc1)[C@@]1(C)C(=O)[C@H](O)C3=C(C)[C@@H](OC(=O)[C@H](O)[C@@H](NC(=O)OC(C)(C)C)c4ccccc4)C[C@@](O)([C@@H](OC(=O)c4ccccc4)[C@H]21)C3(C)C. The number of anilines is 1. The Hall–Kier alpha value is -8.70. The van der Waals surface area contributed by atoms with E-state index in [0.717, 1.165) is 11.8 Å². The van der Waals surface area contributed by atoms with Gasteiger partial charge >= 0.3 is 42.2 Å². The number of hydrogen-bond acceptors (Lipinski definition) is 21. The van der Waals surface area contributed by atoms with Crippen LogP contribution in [0.15, 0.2) is 96.1 Å². The second-order valence-corrected chi connectivity index (χ2v) is 28.1. The lowest BCUT2D eigenvalue weighted by molar-refractivity contribution is -0.345. The van der Waals surface area contributed by atoms with Gasteiger partial charge in [0.25, 0.3) is 0 Å². The Kier molecular flexibility index (Phi) is 24.6. The molecule has 7 rings (SSSR count). The summed E-state index contributed by atoms with van der Waals surface area (Å²) in [6.45, 7) is 18.7. The summed E-state index contributed by atoms with van der Waals surface area (Å²) in [4.78, 5) is 141. The highest BCUT2D eigenvalue weighted by Crippen LogP contribution is 2.65. The van der Waals surface area contributed by atoms with Crippen LogP contribution >= 0.6 is 0 Å². The first kappa shape index (κ1) is 76.7. The number of aliphatic hydroxyl groups excluding tert-OH is 2. The Labute approximate surface area is 570 Å². The number of rotatable bonds is 25. The molecule has 4 aliphatic rings. The van der Waals surface area contributed by atoms with Crippen molar-refractivity contribution in [2.24, 2.45) is 28.4 Å². The van der Waals surface area contributed by atoms with Crippen LogP contribution in [0, 0.1) is 22.7 Å².